The summed E-state index contributed by atoms with van der Waals surface area (Å²) in [5.74, 6) is -1.99. The third kappa shape index (κ3) is 3.45. The summed E-state index contributed by atoms with van der Waals surface area (Å²) < 4.78 is 5.37. The van der Waals surface area contributed by atoms with Crippen molar-refractivity contribution in [2.75, 3.05) is 12.0 Å². The molecule has 1 fully saturated rings. The number of hydrogen-bond donors (Lipinski definition) is 1. The van der Waals surface area contributed by atoms with E-state index in [1.807, 2.05) is 0 Å². The number of aromatic nitrogens is 1. The topological polar surface area (TPSA) is 123 Å². The van der Waals surface area contributed by atoms with Crippen LogP contribution in [0.4, 0.5) is 11.4 Å². The van der Waals surface area contributed by atoms with E-state index in [-0.39, 0.29) is 16.8 Å². The fourth-order valence-electron chi connectivity index (χ4n) is 3.65. The van der Waals surface area contributed by atoms with Gasteiger partial charge in [-0.25, -0.2) is 0 Å². The first-order chi connectivity index (χ1) is 15.4. The molecule has 9 heteroatoms. The summed E-state index contributed by atoms with van der Waals surface area (Å²) in [6.07, 6.45) is 1.50. The third-order valence-electron chi connectivity index (χ3n) is 5.09. The van der Waals surface area contributed by atoms with Crippen molar-refractivity contribution >= 4 is 28.8 Å². The molecule has 0 spiro atoms. The van der Waals surface area contributed by atoms with Crippen molar-refractivity contribution in [3.05, 3.63) is 99.9 Å². The molecule has 2 aromatic carbocycles. The zero-order chi connectivity index (χ0) is 22.8. The summed E-state index contributed by atoms with van der Waals surface area (Å²) in [7, 11) is 1.44. The molecule has 3 aromatic rings. The van der Waals surface area contributed by atoms with E-state index in [0.717, 1.165) is 6.07 Å². The van der Waals surface area contributed by atoms with Crippen LogP contribution >= 0.6 is 0 Å². The van der Waals surface area contributed by atoms with E-state index >= 15 is 0 Å². The standard InChI is InChI=1S/C23H17N3O6/c1-32-18-11-3-2-10-17(18)25-20(16-9-4-5-12-24-16)19(22(28)23(25)29)21(27)14-7-6-8-15(13-14)26(30)31/h2-13,20,27H,1H3/b21-19-. The van der Waals surface area contributed by atoms with Gasteiger partial charge in [0.1, 0.15) is 17.6 Å². The van der Waals surface area contributed by atoms with Gasteiger partial charge >= 0.3 is 0 Å². The summed E-state index contributed by atoms with van der Waals surface area (Å²) >= 11 is 0. The Labute approximate surface area is 182 Å². The lowest BCUT2D eigenvalue weighted by Gasteiger charge is -2.25. The number of non-ortho nitro benzene ring substituents is 1. The highest BCUT2D eigenvalue weighted by Gasteiger charge is 2.48. The van der Waals surface area contributed by atoms with Crippen LogP contribution in [0.2, 0.25) is 0 Å². The van der Waals surface area contributed by atoms with Gasteiger partial charge in [0.25, 0.3) is 17.4 Å². The Kier molecular flexibility index (Phi) is 5.38. The number of nitro benzene ring substituents is 1. The van der Waals surface area contributed by atoms with Gasteiger partial charge in [-0.05, 0) is 24.3 Å². The monoisotopic (exact) mass is 431 g/mol. The van der Waals surface area contributed by atoms with Crippen LogP contribution in [0.1, 0.15) is 17.3 Å². The van der Waals surface area contributed by atoms with Crippen LogP contribution in [0.5, 0.6) is 5.75 Å². The number of hydrogen-bond acceptors (Lipinski definition) is 7. The fraction of sp³-hybridized carbons (Fsp3) is 0.0870. The van der Waals surface area contributed by atoms with Gasteiger partial charge in [-0.1, -0.05) is 30.3 Å². The Hall–Kier alpha value is -4.53. The Morgan fingerprint density at radius 3 is 2.53 bits per heavy atom. The number of rotatable bonds is 5. The lowest BCUT2D eigenvalue weighted by molar-refractivity contribution is -0.384. The van der Waals surface area contributed by atoms with Gasteiger partial charge in [0.05, 0.1) is 29.0 Å². The van der Waals surface area contributed by atoms with Crippen molar-refractivity contribution in [2.24, 2.45) is 0 Å². The zero-order valence-corrected chi connectivity index (χ0v) is 16.8. The van der Waals surface area contributed by atoms with E-state index in [1.165, 1.54) is 36.4 Å². The molecule has 0 aliphatic carbocycles. The second-order valence-corrected chi connectivity index (χ2v) is 6.90. The predicted octanol–water partition coefficient (Wildman–Crippen LogP) is 3.62. The largest absolute Gasteiger partial charge is 0.507 e. The maximum Gasteiger partial charge on any atom is 0.300 e. The molecule has 1 aromatic heterocycles. The van der Waals surface area contributed by atoms with E-state index in [0.29, 0.717) is 17.1 Å². The number of carbonyl (C=O) groups excluding carboxylic acids is 2. The van der Waals surface area contributed by atoms with Crippen molar-refractivity contribution in [1.82, 2.24) is 4.98 Å². The number of Topliss-reactive ketones (excluding diaryl/α,β-unsaturated/α-hetero) is 1. The molecule has 1 aliphatic rings. The maximum atomic E-state index is 13.1. The second-order valence-electron chi connectivity index (χ2n) is 6.90. The van der Waals surface area contributed by atoms with Gasteiger partial charge in [-0.3, -0.25) is 29.6 Å². The molecule has 1 N–H and O–H groups in total. The number of pyridine rings is 1. The summed E-state index contributed by atoms with van der Waals surface area (Å²) in [6.45, 7) is 0. The molecular weight excluding hydrogens is 414 g/mol. The number of carbonyl (C=O) groups is 2. The van der Waals surface area contributed by atoms with Crippen molar-refractivity contribution in [3.8, 4) is 5.75 Å². The van der Waals surface area contributed by atoms with Crippen molar-refractivity contribution in [3.63, 3.8) is 0 Å². The van der Waals surface area contributed by atoms with Crippen LogP contribution in [0, 0.1) is 10.1 Å². The van der Waals surface area contributed by atoms with E-state index in [2.05, 4.69) is 4.98 Å². The molecule has 4 rings (SSSR count). The number of para-hydroxylation sites is 2. The van der Waals surface area contributed by atoms with E-state index in [1.54, 1.807) is 42.5 Å². The molecule has 160 valence electrons. The first-order valence-electron chi connectivity index (χ1n) is 9.53. The van der Waals surface area contributed by atoms with E-state index < -0.39 is 28.4 Å². The fourth-order valence-corrected chi connectivity index (χ4v) is 3.65. The lowest BCUT2D eigenvalue weighted by atomic mass is 9.98. The van der Waals surface area contributed by atoms with Crippen LogP contribution in [0.25, 0.3) is 5.76 Å². The molecule has 0 bridgehead atoms. The number of methoxy groups -OCH3 is 1. The number of aliphatic hydroxyl groups is 1. The van der Waals surface area contributed by atoms with E-state index in [4.69, 9.17) is 4.74 Å². The molecule has 2 heterocycles. The molecular formula is C23H17N3O6. The molecule has 9 nitrogen and oxygen atoms in total. The van der Waals surface area contributed by atoms with Crippen LogP contribution in [-0.4, -0.2) is 33.8 Å². The van der Waals surface area contributed by atoms with Gasteiger partial charge < -0.3 is 9.84 Å². The Bertz CT molecular complexity index is 1260. The molecule has 1 aliphatic heterocycles. The van der Waals surface area contributed by atoms with Crippen molar-refractivity contribution < 1.29 is 24.4 Å². The molecule has 0 radical (unpaired) electrons. The summed E-state index contributed by atoms with van der Waals surface area (Å²) in [6, 6.07) is 15.8. The molecule has 1 atom stereocenters. The number of benzene rings is 2. The zero-order valence-electron chi connectivity index (χ0n) is 16.8. The highest BCUT2D eigenvalue weighted by atomic mass is 16.6. The van der Waals surface area contributed by atoms with Gasteiger partial charge in [0, 0.05) is 23.9 Å². The lowest BCUT2D eigenvalue weighted by Crippen LogP contribution is -2.30. The maximum absolute atomic E-state index is 13.1. The highest BCUT2D eigenvalue weighted by molar-refractivity contribution is 6.51. The molecule has 1 saturated heterocycles. The number of nitro groups is 1. The first kappa shape index (κ1) is 20.7. The van der Waals surface area contributed by atoms with Crippen LogP contribution in [0.15, 0.2) is 78.5 Å². The third-order valence-corrected chi connectivity index (χ3v) is 5.09. The highest BCUT2D eigenvalue weighted by Crippen LogP contribution is 2.44. The smallest absolute Gasteiger partial charge is 0.300 e. The second kappa shape index (κ2) is 8.31. The molecule has 1 unspecified atom stereocenters. The minimum absolute atomic E-state index is 0.0400. The van der Waals surface area contributed by atoms with Crippen molar-refractivity contribution in [2.45, 2.75) is 6.04 Å². The molecule has 1 amide bonds. The number of ketones is 1. The van der Waals surface area contributed by atoms with Crippen LogP contribution in [0.3, 0.4) is 0 Å². The van der Waals surface area contributed by atoms with Crippen molar-refractivity contribution in [1.29, 1.82) is 0 Å². The Morgan fingerprint density at radius 1 is 1.09 bits per heavy atom. The van der Waals surface area contributed by atoms with Crippen LogP contribution in [-0.2, 0) is 9.59 Å². The number of amides is 1. The molecule has 0 saturated carbocycles. The Morgan fingerprint density at radius 2 is 1.84 bits per heavy atom. The Balaban J connectivity index is 1.97. The molecule has 32 heavy (non-hydrogen) atoms. The summed E-state index contributed by atoms with van der Waals surface area (Å²) in [5, 5.41) is 22.2. The first-order valence-corrected chi connectivity index (χ1v) is 9.53. The number of anilines is 1. The SMILES string of the molecule is COc1ccccc1N1C(=O)C(=O)/C(=C(\O)c2cccc([N+](=O)[O-])c2)C1c1ccccn1. The minimum Gasteiger partial charge on any atom is -0.507 e. The summed E-state index contributed by atoms with van der Waals surface area (Å²) in [4.78, 5) is 42.3. The van der Waals surface area contributed by atoms with E-state index in [9.17, 15) is 24.8 Å². The van der Waals surface area contributed by atoms with Gasteiger partial charge in [0.15, 0.2) is 0 Å². The normalized spacial score (nSPS) is 17.4. The van der Waals surface area contributed by atoms with Gasteiger partial charge in [-0.15, -0.1) is 0 Å². The van der Waals surface area contributed by atoms with Gasteiger partial charge in [-0.2, -0.15) is 0 Å². The van der Waals surface area contributed by atoms with Gasteiger partial charge in [0.2, 0.25) is 0 Å². The average molecular weight is 431 g/mol. The average Bonchev–Trinajstić information content (AvgIpc) is 3.09. The van der Waals surface area contributed by atoms with Crippen LogP contribution < -0.4 is 9.64 Å². The summed E-state index contributed by atoms with van der Waals surface area (Å²) in [5.41, 5.74) is 0.219. The number of nitrogens with zero attached hydrogens (tertiary/aromatic N) is 3. The predicted molar refractivity (Wildman–Crippen MR) is 115 cm³/mol. The quantitative estimate of drug-likeness (QED) is 0.215. The number of aliphatic hydroxyl groups excluding tert-OH is 1. The minimum atomic E-state index is -1.06. The number of ether oxygens (including phenoxy) is 1.